The van der Waals surface area contributed by atoms with Gasteiger partial charge in [-0.2, -0.15) is 0 Å². The van der Waals surface area contributed by atoms with Crippen LogP contribution in [0.15, 0.2) is 305 Å². The predicted molar refractivity (Wildman–Crippen MR) is 379 cm³/mol. The van der Waals surface area contributed by atoms with E-state index >= 15 is 0 Å². The van der Waals surface area contributed by atoms with Crippen molar-refractivity contribution in [2.75, 3.05) is 9.80 Å². The van der Waals surface area contributed by atoms with Crippen molar-refractivity contribution < 1.29 is 0 Å². The molecule has 9 aromatic carbocycles. The predicted octanol–water partition coefficient (Wildman–Crippen LogP) is 22.7. The van der Waals surface area contributed by atoms with E-state index in [1.807, 2.05) is 31.2 Å². The summed E-state index contributed by atoms with van der Waals surface area (Å²) in [5.41, 5.74) is 21.9. The summed E-state index contributed by atoms with van der Waals surface area (Å²) in [6, 6.07) is 78.0. The summed E-state index contributed by atoms with van der Waals surface area (Å²) < 4.78 is 7.03. The van der Waals surface area contributed by atoms with Crippen molar-refractivity contribution in [2.24, 2.45) is 0 Å². The Morgan fingerprint density at radius 1 is 0.460 bits per heavy atom. The quantitative estimate of drug-likeness (QED) is 0.0710. The number of benzene rings is 9. The second-order valence-electron chi connectivity index (χ2n) is 21.5. The van der Waals surface area contributed by atoms with Gasteiger partial charge in [0.15, 0.2) is 0 Å². The molecule has 0 saturated carbocycles. The van der Waals surface area contributed by atoms with Crippen molar-refractivity contribution in [2.45, 2.75) is 54.9 Å². The number of fused-ring (bicyclic) bond motifs is 4. The van der Waals surface area contributed by atoms with Gasteiger partial charge in [0.25, 0.3) is 0 Å². The standard InChI is InChI=1S/C63H56N4.C16H15N.C3H6/c1-8-13-34-56-45(6)25-22-36-61(56)64(49(9-2)10-3)54-38-40-60-48(43-54)42-53(66(60)51-28-16-14-17-29-51)33-24-32-50(11-4)65(62-37-23-27-47-26-20-21-35-57(47)62)55-39-41-63-58(44-55)46(7)59(12-5)67(63)52-30-18-15-19-31-52;1-12-13(2)17(14-8-4-3-5-9-14)16-11-7-6-10-15(12)16;1-3-2/h8-32,34-44H,1-2,5,33H2,3-4,6-7H3;3-11H,1-2H3;3H,1H2,2H3/b32-24?,34-13-,49-10+,50-11+;;. The van der Waals surface area contributed by atoms with Crippen LogP contribution in [0.2, 0.25) is 0 Å². The first-order valence-electron chi connectivity index (χ1n) is 29.9. The van der Waals surface area contributed by atoms with Gasteiger partial charge < -0.3 is 23.5 Å². The number of nitrogens with zero attached hydrogens (tertiary/aromatic N) is 5. The van der Waals surface area contributed by atoms with E-state index in [2.05, 4.69) is 340 Å². The Morgan fingerprint density at radius 3 is 1.64 bits per heavy atom. The lowest BCUT2D eigenvalue weighted by Gasteiger charge is -2.28. The van der Waals surface area contributed by atoms with Crippen molar-refractivity contribution in [1.29, 1.82) is 0 Å². The number of aryl methyl sites for hydroxylation is 3. The fourth-order valence-electron chi connectivity index (χ4n) is 12.0. The molecule has 12 rings (SSSR count). The summed E-state index contributed by atoms with van der Waals surface area (Å²) in [5.74, 6) is 0. The van der Waals surface area contributed by atoms with E-state index in [1.54, 1.807) is 6.08 Å². The number of hydrogen-bond donors (Lipinski definition) is 0. The van der Waals surface area contributed by atoms with Gasteiger partial charge in [0.2, 0.25) is 0 Å². The molecule has 0 spiro atoms. The number of rotatable bonds is 16. The molecular weight excluding hydrogens is 1050 g/mol. The Balaban J connectivity index is 0.000000353. The highest BCUT2D eigenvalue weighted by molar-refractivity contribution is 6.00. The van der Waals surface area contributed by atoms with Gasteiger partial charge in [-0.05, 0) is 186 Å². The van der Waals surface area contributed by atoms with E-state index in [4.69, 9.17) is 0 Å². The van der Waals surface area contributed by atoms with Crippen LogP contribution < -0.4 is 9.80 Å². The lowest BCUT2D eigenvalue weighted by atomic mass is 10.0. The van der Waals surface area contributed by atoms with Crippen molar-refractivity contribution in [1.82, 2.24) is 13.7 Å². The Labute approximate surface area is 515 Å². The summed E-state index contributed by atoms with van der Waals surface area (Å²) >= 11 is 0. The van der Waals surface area contributed by atoms with Crippen molar-refractivity contribution in [3.63, 3.8) is 0 Å². The Morgan fingerprint density at radius 2 is 1.00 bits per heavy atom. The molecule has 5 heteroatoms. The molecule has 0 N–H and O–H groups in total. The molecule has 0 aliphatic rings. The van der Waals surface area contributed by atoms with Crippen LogP contribution in [0.4, 0.5) is 22.7 Å². The average Bonchev–Trinajstić information content (AvgIpc) is 2.12. The number of allylic oxidation sites excluding steroid dienone is 8. The van der Waals surface area contributed by atoms with E-state index in [1.165, 1.54) is 60.8 Å². The summed E-state index contributed by atoms with van der Waals surface area (Å²) in [6.07, 6.45) is 21.2. The molecular formula is C82H77N5. The Kier molecular flexibility index (Phi) is 18.7. The van der Waals surface area contributed by atoms with Crippen molar-refractivity contribution in [3.05, 3.63) is 344 Å². The summed E-state index contributed by atoms with van der Waals surface area (Å²) in [5, 5.41) is 6.06. The molecule has 5 nitrogen and oxygen atoms in total. The van der Waals surface area contributed by atoms with Crippen LogP contribution in [0, 0.1) is 27.7 Å². The number of anilines is 4. The summed E-state index contributed by atoms with van der Waals surface area (Å²) in [4.78, 5) is 4.70. The zero-order valence-corrected chi connectivity index (χ0v) is 51.3. The summed E-state index contributed by atoms with van der Waals surface area (Å²) in [7, 11) is 0. The minimum Gasteiger partial charge on any atom is -0.314 e. The van der Waals surface area contributed by atoms with Crippen molar-refractivity contribution >= 4 is 78.4 Å². The molecule has 0 fully saturated rings. The Bertz CT molecular complexity index is 4570. The number of hydrogen-bond acceptors (Lipinski definition) is 2. The van der Waals surface area contributed by atoms with Gasteiger partial charge in [0.05, 0.1) is 27.9 Å². The molecule has 430 valence electrons. The maximum atomic E-state index is 4.24. The van der Waals surface area contributed by atoms with E-state index in [-0.39, 0.29) is 0 Å². The third-order valence-corrected chi connectivity index (χ3v) is 16.2. The van der Waals surface area contributed by atoms with Crippen LogP contribution in [0.1, 0.15) is 60.1 Å². The fourth-order valence-corrected chi connectivity index (χ4v) is 12.0. The van der Waals surface area contributed by atoms with Crippen molar-refractivity contribution in [3.8, 4) is 17.1 Å². The highest BCUT2D eigenvalue weighted by atomic mass is 15.2. The van der Waals surface area contributed by atoms with Gasteiger partial charge in [0.1, 0.15) is 0 Å². The maximum Gasteiger partial charge on any atom is 0.0539 e. The smallest absolute Gasteiger partial charge is 0.0539 e. The monoisotopic (exact) mass is 1130 g/mol. The van der Waals surface area contributed by atoms with Crippen LogP contribution in [-0.4, -0.2) is 13.7 Å². The lowest BCUT2D eigenvalue weighted by Crippen LogP contribution is -2.16. The highest BCUT2D eigenvalue weighted by Crippen LogP contribution is 2.42. The molecule has 0 unspecified atom stereocenters. The lowest BCUT2D eigenvalue weighted by molar-refractivity contribution is 1.00. The minimum absolute atomic E-state index is 0.700. The zero-order valence-electron chi connectivity index (χ0n) is 51.3. The van der Waals surface area contributed by atoms with Crippen LogP contribution in [-0.2, 0) is 6.42 Å². The topological polar surface area (TPSA) is 21.3 Å². The van der Waals surface area contributed by atoms with E-state index in [0.717, 1.165) is 73.2 Å². The van der Waals surface area contributed by atoms with Gasteiger partial charge in [-0.1, -0.05) is 184 Å². The summed E-state index contributed by atoms with van der Waals surface area (Å²) in [6.45, 7) is 30.6. The van der Waals surface area contributed by atoms with E-state index < -0.39 is 0 Å². The van der Waals surface area contributed by atoms with E-state index in [0.29, 0.717) is 6.42 Å². The molecule has 87 heavy (non-hydrogen) atoms. The SMILES string of the molecule is C=C/C=C\c1c(C)cccc1N(/C(C=C)=C/C)c1ccc2c(c1)cc(CC=C/C(=C\C)N(c1ccc3c(c1)c(C)c(C=C)n3-c1ccccc1)c1cccc3ccccc13)n2-c1ccccc1.C=CC.Cc1c(C)n(-c2ccccc2)c2ccccc12. The Hall–Kier alpha value is -10.6. The molecule has 12 aromatic rings. The number of aromatic nitrogens is 3. The average molecular weight is 1130 g/mol. The first kappa shape index (κ1) is 59.5. The molecule has 3 aromatic heterocycles. The molecule has 0 aliphatic heterocycles. The largest absolute Gasteiger partial charge is 0.314 e. The first-order chi connectivity index (χ1) is 42.6. The normalized spacial score (nSPS) is 11.7. The van der Waals surface area contributed by atoms with Gasteiger partial charge in [-0.15, -0.1) is 6.58 Å². The van der Waals surface area contributed by atoms with Gasteiger partial charge in [0, 0.05) is 90.4 Å². The molecule has 0 aliphatic carbocycles. The molecule has 3 heterocycles. The minimum atomic E-state index is 0.700. The van der Waals surface area contributed by atoms with Crippen LogP contribution in [0.25, 0.3) is 72.7 Å². The van der Waals surface area contributed by atoms with Crippen LogP contribution >= 0.6 is 0 Å². The van der Waals surface area contributed by atoms with Crippen LogP contribution in [0.3, 0.4) is 0 Å². The van der Waals surface area contributed by atoms with E-state index in [9.17, 15) is 0 Å². The van der Waals surface area contributed by atoms with Gasteiger partial charge in [-0.25, -0.2) is 0 Å². The molecule has 0 radical (unpaired) electrons. The second kappa shape index (κ2) is 27.4. The highest BCUT2D eigenvalue weighted by Gasteiger charge is 2.22. The molecule has 0 saturated heterocycles. The number of para-hydroxylation sites is 4. The maximum absolute atomic E-state index is 4.24. The molecule has 0 bridgehead atoms. The third-order valence-electron chi connectivity index (χ3n) is 16.2. The zero-order chi connectivity index (χ0) is 61.0. The van der Waals surface area contributed by atoms with Crippen LogP contribution in [0.5, 0.6) is 0 Å². The molecule has 0 amide bonds. The third kappa shape index (κ3) is 12.1. The van der Waals surface area contributed by atoms with Gasteiger partial charge >= 0.3 is 0 Å². The first-order valence-corrected chi connectivity index (χ1v) is 29.9. The fraction of sp³-hybridized carbons (Fsp3) is 0.0976. The van der Waals surface area contributed by atoms with Gasteiger partial charge in [-0.3, -0.25) is 0 Å². The molecule has 0 atom stereocenters. The second-order valence-corrected chi connectivity index (χ2v) is 21.5.